The van der Waals surface area contributed by atoms with Crippen molar-refractivity contribution in [3.8, 4) is 0 Å². The molecule has 0 saturated carbocycles. The third-order valence-electron chi connectivity index (χ3n) is 3.95. The quantitative estimate of drug-likeness (QED) is 0.827. The summed E-state index contributed by atoms with van der Waals surface area (Å²) in [6.45, 7) is 10.3. The van der Waals surface area contributed by atoms with Gasteiger partial charge in [-0.1, -0.05) is 52.3 Å². The molecule has 2 unspecified atom stereocenters. The number of hydrogen-bond acceptors (Lipinski definition) is 1. The molecule has 1 aromatic rings. The van der Waals surface area contributed by atoms with Gasteiger partial charge in [-0.3, -0.25) is 0 Å². The van der Waals surface area contributed by atoms with Crippen molar-refractivity contribution in [2.75, 3.05) is 6.54 Å². The van der Waals surface area contributed by atoms with Crippen molar-refractivity contribution in [1.29, 1.82) is 0 Å². The fourth-order valence-electron chi connectivity index (χ4n) is 3.06. The fourth-order valence-corrected chi connectivity index (χ4v) is 3.06. The lowest BCUT2D eigenvalue weighted by molar-refractivity contribution is 0.440. The standard InChI is InChI=1S/C17H27N/c1-5-6-17-16-10-14(9-12(2)3)7-8-15(16)13(4)11-18-17/h7-8,10,12-13,17-18H,5-6,9,11H2,1-4H3. The zero-order valence-corrected chi connectivity index (χ0v) is 12.3. The Morgan fingerprint density at radius 3 is 2.72 bits per heavy atom. The number of benzene rings is 1. The Kier molecular flexibility index (Phi) is 4.45. The summed E-state index contributed by atoms with van der Waals surface area (Å²) in [4.78, 5) is 0. The van der Waals surface area contributed by atoms with E-state index in [9.17, 15) is 0 Å². The lowest BCUT2D eigenvalue weighted by Gasteiger charge is -2.31. The van der Waals surface area contributed by atoms with Gasteiger partial charge in [0.15, 0.2) is 0 Å². The Bertz CT molecular complexity index is 395. The zero-order valence-electron chi connectivity index (χ0n) is 12.3. The summed E-state index contributed by atoms with van der Waals surface area (Å²) in [7, 11) is 0. The van der Waals surface area contributed by atoms with E-state index in [2.05, 4.69) is 51.2 Å². The smallest absolute Gasteiger partial charge is 0.0323 e. The molecule has 100 valence electrons. The van der Waals surface area contributed by atoms with Crippen LogP contribution in [0.15, 0.2) is 18.2 Å². The normalized spacial score (nSPS) is 23.2. The van der Waals surface area contributed by atoms with Crippen molar-refractivity contribution in [3.05, 3.63) is 34.9 Å². The van der Waals surface area contributed by atoms with Crippen LogP contribution in [-0.2, 0) is 6.42 Å². The summed E-state index contributed by atoms with van der Waals surface area (Å²) in [5.74, 6) is 1.39. The maximum atomic E-state index is 3.71. The van der Waals surface area contributed by atoms with Gasteiger partial charge in [0.1, 0.15) is 0 Å². The van der Waals surface area contributed by atoms with Crippen LogP contribution in [0, 0.1) is 5.92 Å². The van der Waals surface area contributed by atoms with Crippen LogP contribution in [0.4, 0.5) is 0 Å². The van der Waals surface area contributed by atoms with Crippen LogP contribution in [0.25, 0.3) is 0 Å². The largest absolute Gasteiger partial charge is 0.309 e. The second kappa shape index (κ2) is 5.88. The molecule has 0 spiro atoms. The van der Waals surface area contributed by atoms with Crippen molar-refractivity contribution in [2.45, 2.75) is 58.9 Å². The topological polar surface area (TPSA) is 12.0 Å². The summed E-state index contributed by atoms with van der Waals surface area (Å²) >= 11 is 0. The molecular weight excluding hydrogens is 218 g/mol. The molecule has 0 aliphatic carbocycles. The average molecular weight is 245 g/mol. The molecule has 2 rings (SSSR count). The van der Waals surface area contributed by atoms with E-state index in [1.54, 1.807) is 11.1 Å². The van der Waals surface area contributed by atoms with E-state index in [0.717, 1.165) is 12.5 Å². The van der Waals surface area contributed by atoms with Crippen LogP contribution < -0.4 is 5.32 Å². The molecule has 0 radical (unpaired) electrons. The third-order valence-corrected chi connectivity index (χ3v) is 3.95. The van der Waals surface area contributed by atoms with Crippen LogP contribution in [0.5, 0.6) is 0 Å². The summed E-state index contributed by atoms with van der Waals surface area (Å²) in [5, 5.41) is 3.71. The van der Waals surface area contributed by atoms with Gasteiger partial charge in [-0.25, -0.2) is 0 Å². The molecule has 0 aromatic heterocycles. The number of fused-ring (bicyclic) bond motifs is 1. The van der Waals surface area contributed by atoms with E-state index in [0.29, 0.717) is 12.0 Å². The Hall–Kier alpha value is -0.820. The highest BCUT2D eigenvalue weighted by Gasteiger charge is 2.23. The molecule has 0 saturated heterocycles. The third kappa shape index (κ3) is 2.95. The second-order valence-electron chi connectivity index (χ2n) is 6.21. The fraction of sp³-hybridized carbons (Fsp3) is 0.647. The highest BCUT2D eigenvalue weighted by Crippen LogP contribution is 2.33. The summed E-state index contributed by atoms with van der Waals surface area (Å²) in [5.41, 5.74) is 4.63. The Labute approximate surface area is 112 Å². The van der Waals surface area contributed by atoms with Crippen molar-refractivity contribution < 1.29 is 0 Å². The Morgan fingerprint density at radius 1 is 1.28 bits per heavy atom. The molecule has 1 heterocycles. The molecule has 0 bridgehead atoms. The minimum Gasteiger partial charge on any atom is -0.309 e. The molecule has 1 N–H and O–H groups in total. The zero-order chi connectivity index (χ0) is 13.1. The van der Waals surface area contributed by atoms with Crippen LogP contribution >= 0.6 is 0 Å². The summed E-state index contributed by atoms with van der Waals surface area (Å²) in [6.07, 6.45) is 3.70. The first-order chi connectivity index (χ1) is 8.61. The van der Waals surface area contributed by atoms with Crippen molar-refractivity contribution in [2.24, 2.45) is 5.92 Å². The van der Waals surface area contributed by atoms with Gasteiger partial charge in [-0.15, -0.1) is 0 Å². The lowest BCUT2D eigenvalue weighted by Crippen LogP contribution is -2.32. The molecule has 0 fully saturated rings. The van der Waals surface area contributed by atoms with E-state index >= 15 is 0 Å². The molecule has 18 heavy (non-hydrogen) atoms. The molecule has 1 aliphatic rings. The Balaban J connectivity index is 2.30. The van der Waals surface area contributed by atoms with Gasteiger partial charge in [0.05, 0.1) is 0 Å². The molecule has 1 nitrogen and oxygen atoms in total. The lowest BCUT2D eigenvalue weighted by atomic mass is 9.84. The van der Waals surface area contributed by atoms with Crippen LogP contribution in [0.1, 0.15) is 69.2 Å². The van der Waals surface area contributed by atoms with Gasteiger partial charge in [0, 0.05) is 12.6 Å². The first-order valence-corrected chi connectivity index (χ1v) is 7.48. The second-order valence-corrected chi connectivity index (χ2v) is 6.21. The number of nitrogens with one attached hydrogen (secondary N) is 1. The molecule has 1 aliphatic heterocycles. The van der Waals surface area contributed by atoms with Gasteiger partial charge in [0.2, 0.25) is 0 Å². The average Bonchev–Trinajstić information content (AvgIpc) is 2.32. The summed E-state index contributed by atoms with van der Waals surface area (Å²) < 4.78 is 0. The minimum atomic E-state index is 0.577. The summed E-state index contributed by atoms with van der Waals surface area (Å²) in [6, 6.07) is 7.75. The highest BCUT2D eigenvalue weighted by molar-refractivity contribution is 5.38. The van der Waals surface area contributed by atoms with Crippen molar-refractivity contribution in [1.82, 2.24) is 5.32 Å². The van der Waals surface area contributed by atoms with E-state index in [-0.39, 0.29) is 0 Å². The van der Waals surface area contributed by atoms with E-state index in [4.69, 9.17) is 0 Å². The van der Waals surface area contributed by atoms with Crippen molar-refractivity contribution in [3.63, 3.8) is 0 Å². The number of rotatable bonds is 4. The molecule has 1 heteroatoms. The molecule has 1 aromatic carbocycles. The van der Waals surface area contributed by atoms with E-state index in [1.807, 2.05) is 0 Å². The van der Waals surface area contributed by atoms with Gasteiger partial charge < -0.3 is 5.32 Å². The first-order valence-electron chi connectivity index (χ1n) is 7.48. The van der Waals surface area contributed by atoms with Gasteiger partial charge in [-0.2, -0.15) is 0 Å². The predicted octanol–water partition coefficient (Wildman–Crippen LogP) is 4.43. The van der Waals surface area contributed by atoms with E-state index in [1.165, 1.54) is 24.8 Å². The molecule has 0 amide bonds. The van der Waals surface area contributed by atoms with Gasteiger partial charge >= 0.3 is 0 Å². The first kappa shape index (κ1) is 13.6. The Morgan fingerprint density at radius 2 is 2.06 bits per heavy atom. The maximum absolute atomic E-state index is 3.71. The van der Waals surface area contributed by atoms with Crippen LogP contribution in [0.2, 0.25) is 0 Å². The SMILES string of the molecule is CCCC1NCC(C)c2ccc(CC(C)C)cc21. The molecule has 2 atom stereocenters. The van der Waals surface area contributed by atoms with Gasteiger partial charge in [0.25, 0.3) is 0 Å². The highest BCUT2D eigenvalue weighted by atomic mass is 14.9. The van der Waals surface area contributed by atoms with Crippen LogP contribution in [0.3, 0.4) is 0 Å². The van der Waals surface area contributed by atoms with Gasteiger partial charge in [-0.05, 0) is 41.4 Å². The molecular formula is C17H27N. The van der Waals surface area contributed by atoms with Crippen molar-refractivity contribution >= 4 is 0 Å². The van der Waals surface area contributed by atoms with E-state index < -0.39 is 0 Å². The number of hydrogen-bond donors (Lipinski definition) is 1. The van der Waals surface area contributed by atoms with Crippen LogP contribution in [-0.4, -0.2) is 6.54 Å². The minimum absolute atomic E-state index is 0.577. The monoisotopic (exact) mass is 245 g/mol. The maximum Gasteiger partial charge on any atom is 0.0323 e. The predicted molar refractivity (Wildman–Crippen MR) is 79.1 cm³/mol.